The summed E-state index contributed by atoms with van der Waals surface area (Å²) < 4.78 is 41.1. The number of amides is 1. The van der Waals surface area contributed by atoms with Crippen LogP contribution in [0.5, 0.6) is 5.88 Å². The molecule has 0 aliphatic carbocycles. The maximum Gasteiger partial charge on any atom is 0.422 e. The van der Waals surface area contributed by atoms with Crippen molar-refractivity contribution in [3.63, 3.8) is 0 Å². The first-order valence-electron chi connectivity index (χ1n) is 6.86. The predicted octanol–water partition coefficient (Wildman–Crippen LogP) is 1.36. The highest BCUT2D eigenvalue weighted by atomic mass is 19.4. The molecule has 0 spiro atoms. The fourth-order valence-corrected chi connectivity index (χ4v) is 2.18. The van der Waals surface area contributed by atoms with E-state index in [0.29, 0.717) is 18.7 Å². The Hall–Kier alpha value is -2.29. The normalized spacial score (nSPS) is 15.2. The van der Waals surface area contributed by atoms with Crippen molar-refractivity contribution in [2.75, 3.05) is 19.7 Å². The number of carbonyl (C=O) groups excluding carboxylic acids is 1. The number of rotatable bonds is 6. The topological polar surface area (TPSA) is 71.7 Å². The van der Waals surface area contributed by atoms with Gasteiger partial charge in [0.15, 0.2) is 6.61 Å². The molecule has 0 aromatic carbocycles. The van der Waals surface area contributed by atoms with Crippen molar-refractivity contribution in [1.82, 2.24) is 15.0 Å². The van der Waals surface area contributed by atoms with Gasteiger partial charge in [-0.15, -0.1) is 0 Å². The molecule has 0 saturated heterocycles. The number of aryl methyl sites for hydroxylation is 1. The van der Waals surface area contributed by atoms with Crippen molar-refractivity contribution in [2.45, 2.75) is 19.6 Å². The number of ether oxygens (including phenoxy) is 1. The SMILES string of the molecule is Cc1cc(CN2CC=CN2CC(N)=O)cnc1OCC(F)(F)F. The molecule has 6 nitrogen and oxygen atoms in total. The zero-order valence-electron chi connectivity index (χ0n) is 12.5. The zero-order valence-corrected chi connectivity index (χ0v) is 12.5. The number of nitrogens with zero attached hydrogens (tertiary/aromatic N) is 3. The Morgan fingerprint density at radius 3 is 2.83 bits per heavy atom. The van der Waals surface area contributed by atoms with Gasteiger partial charge in [-0.3, -0.25) is 4.79 Å². The predicted molar refractivity (Wildman–Crippen MR) is 76.0 cm³/mol. The second-order valence-corrected chi connectivity index (χ2v) is 5.17. The second kappa shape index (κ2) is 6.86. The van der Waals surface area contributed by atoms with Crippen LogP contribution in [-0.2, 0) is 11.3 Å². The van der Waals surface area contributed by atoms with E-state index in [1.54, 1.807) is 24.2 Å². The number of aromatic nitrogens is 1. The van der Waals surface area contributed by atoms with Crippen molar-refractivity contribution in [3.8, 4) is 5.88 Å². The standard InChI is InChI=1S/C14H17F3N4O2/c1-10-5-11(6-19-13(10)23-9-14(15,16)17)7-20-3-2-4-21(20)8-12(18)22/h2,4-6H,3,7-9H2,1H3,(H2,18,22). The molecule has 2 N–H and O–H groups in total. The first-order valence-corrected chi connectivity index (χ1v) is 6.86. The van der Waals surface area contributed by atoms with Gasteiger partial charge in [-0.1, -0.05) is 6.08 Å². The lowest BCUT2D eigenvalue weighted by Crippen LogP contribution is -2.40. The largest absolute Gasteiger partial charge is 0.468 e. The zero-order chi connectivity index (χ0) is 17.0. The molecule has 0 radical (unpaired) electrons. The average Bonchev–Trinajstić information content (AvgIpc) is 2.83. The number of primary amides is 1. The first kappa shape index (κ1) is 17.1. The number of alkyl halides is 3. The van der Waals surface area contributed by atoms with Crippen molar-refractivity contribution in [2.24, 2.45) is 5.73 Å². The molecular weight excluding hydrogens is 313 g/mol. The molecule has 1 aliphatic rings. The van der Waals surface area contributed by atoms with Gasteiger partial charge in [0.1, 0.15) is 6.54 Å². The third kappa shape index (κ3) is 5.13. The summed E-state index contributed by atoms with van der Waals surface area (Å²) in [5.41, 5.74) is 6.48. The highest BCUT2D eigenvalue weighted by Crippen LogP contribution is 2.21. The monoisotopic (exact) mass is 330 g/mol. The molecule has 1 aliphatic heterocycles. The molecule has 9 heteroatoms. The first-order chi connectivity index (χ1) is 10.7. The van der Waals surface area contributed by atoms with Gasteiger partial charge in [-0.25, -0.2) is 9.99 Å². The Kier molecular flexibility index (Phi) is 5.09. The Labute approximate surface area is 131 Å². The summed E-state index contributed by atoms with van der Waals surface area (Å²) in [6.45, 7) is 1.39. The van der Waals surface area contributed by atoms with Crippen LogP contribution in [0.3, 0.4) is 0 Å². The number of carbonyl (C=O) groups is 1. The maximum atomic E-state index is 12.2. The minimum atomic E-state index is -4.40. The Morgan fingerprint density at radius 1 is 1.48 bits per heavy atom. The number of hydrogen-bond donors (Lipinski definition) is 1. The Balaban J connectivity index is 1.99. The van der Waals surface area contributed by atoms with E-state index in [1.807, 2.05) is 11.1 Å². The fourth-order valence-electron chi connectivity index (χ4n) is 2.18. The van der Waals surface area contributed by atoms with E-state index in [0.717, 1.165) is 5.56 Å². The van der Waals surface area contributed by atoms with Crippen LogP contribution < -0.4 is 10.5 Å². The highest BCUT2D eigenvalue weighted by molar-refractivity contribution is 5.76. The minimum absolute atomic E-state index is 0.0420. The van der Waals surface area contributed by atoms with E-state index in [1.165, 1.54) is 6.20 Å². The summed E-state index contributed by atoms with van der Waals surface area (Å²) in [6, 6.07) is 1.71. The Morgan fingerprint density at radius 2 is 2.22 bits per heavy atom. The number of halogens is 3. The molecule has 1 amide bonds. The van der Waals surface area contributed by atoms with Crippen LogP contribution in [0.25, 0.3) is 0 Å². The van der Waals surface area contributed by atoms with Gasteiger partial charge in [0.05, 0.1) is 0 Å². The molecule has 2 heterocycles. The molecule has 1 aromatic rings. The maximum absolute atomic E-state index is 12.2. The van der Waals surface area contributed by atoms with Crippen molar-refractivity contribution in [3.05, 3.63) is 35.7 Å². The van der Waals surface area contributed by atoms with E-state index in [-0.39, 0.29) is 12.4 Å². The lowest BCUT2D eigenvalue weighted by Gasteiger charge is -2.28. The van der Waals surface area contributed by atoms with Gasteiger partial charge in [0, 0.05) is 31.0 Å². The average molecular weight is 330 g/mol. The summed E-state index contributed by atoms with van der Waals surface area (Å²) in [5, 5.41) is 3.56. The van der Waals surface area contributed by atoms with E-state index in [4.69, 9.17) is 5.73 Å². The molecule has 0 atom stereocenters. The fraction of sp³-hybridized carbons (Fsp3) is 0.429. The lowest BCUT2D eigenvalue weighted by molar-refractivity contribution is -0.154. The quantitative estimate of drug-likeness (QED) is 0.853. The molecule has 0 unspecified atom stereocenters. The lowest BCUT2D eigenvalue weighted by atomic mass is 10.2. The van der Waals surface area contributed by atoms with Gasteiger partial charge in [0.25, 0.3) is 0 Å². The third-order valence-electron chi connectivity index (χ3n) is 3.10. The van der Waals surface area contributed by atoms with Gasteiger partial charge >= 0.3 is 6.18 Å². The minimum Gasteiger partial charge on any atom is -0.468 e. The molecular formula is C14H17F3N4O2. The Bertz CT molecular complexity index is 604. The summed E-state index contributed by atoms with van der Waals surface area (Å²) in [7, 11) is 0. The van der Waals surface area contributed by atoms with Crippen LogP contribution in [0.2, 0.25) is 0 Å². The number of pyridine rings is 1. The summed E-state index contributed by atoms with van der Waals surface area (Å²) >= 11 is 0. The number of hydrazine groups is 1. The van der Waals surface area contributed by atoms with Crippen molar-refractivity contribution >= 4 is 5.91 Å². The molecule has 2 rings (SSSR count). The van der Waals surface area contributed by atoms with Gasteiger partial charge in [-0.05, 0) is 18.6 Å². The number of hydrogen-bond acceptors (Lipinski definition) is 5. The number of nitrogens with two attached hydrogens (primary N) is 1. The van der Waals surface area contributed by atoms with E-state index in [2.05, 4.69) is 9.72 Å². The van der Waals surface area contributed by atoms with Crippen LogP contribution in [-0.4, -0.2) is 46.8 Å². The molecule has 0 bridgehead atoms. The second-order valence-electron chi connectivity index (χ2n) is 5.17. The highest BCUT2D eigenvalue weighted by Gasteiger charge is 2.29. The van der Waals surface area contributed by atoms with Gasteiger partial charge in [-0.2, -0.15) is 13.2 Å². The molecule has 126 valence electrons. The third-order valence-corrected chi connectivity index (χ3v) is 3.10. The van der Waals surface area contributed by atoms with Crippen LogP contribution in [0.15, 0.2) is 24.5 Å². The molecule has 23 heavy (non-hydrogen) atoms. The summed E-state index contributed by atoms with van der Waals surface area (Å²) in [4.78, 5) is 14.9. The van der Waals surface area contributed by atoms with Crippen molar-refractivity contribution in [1.29, 1.82) is 0 Å². The molecule has 0 saturated carbocycles. The van der Waals surface area contributed by atoms with E-state index >= 15 is 0 Å². The molecule has 0 fully saturated rings. The van der Waals surface area contributed by atoms with Crippen LogP contribution in [0.1, 0.15) is 11.1 Å². The van der Waals surface area contributed by atoms with Crippen LogP contribution in [0.4, 0.5) is 13.2 Å². The van der Waals surface area contributed by atoms with Crippen molar-refractivity contribution < 1.29 is 22.7 Å². The summed E-state index contributed by atoms with van der Waals surface area (Å²) in [6.07, 6.45) is 0.693. The van der Waals surface area contributed by atoms with E-state index < -0.39 is 18.7 Å². The van der Waals surface area contributed by atoms with Crippen LogP contribution >= 0.6 is 0 Å². The van der Waals surface area contributed by atoms with E-state index in [9.17, 15) is 18.0 Å². The van der Waals surface area contributed by atoms with Gasteiger partial charge in [0.2, 0.25) is 11.8 Å². The molecule has 1 aromatic heterocycles. The smallest absolute Gasteiger partial charge is 0.422 e. The summed E-state index contributed by atoms with van der Waals surface area (Å²) in [5.74, 6) is -0.494. The van der Waals surface area contributed by atoms with Crippen LogP contribution in [0, 0.1) is 6.92 Å². The van der Waals surface area contributed by atoms with Gasteiger partial charge < -0.3 is 15.5 Å².